The van der Waals surface area contributed by atoms with Gasteiger partial charge in [0.05, 0.1) is 13.2 Å². The van der Waals surface area contributed by atoms with Gasteiger partial charge in [0.2, 0.25) is 0 Å². The number of carbonyl (C=O) groups is 1. The average molecular weight is 457 g/mol. The third-order valence-electron chi connectivity index (χ3n) is 5.91. The zero-order valence-corrected chi connectivity index (χ0v) is 17.8. The van der Waals surface area contributed by atoms with Gasteiger partial charge in [-0.1, -0.05) is 36.6 Å². The number of fused-ring (bicyclic) bond motifs is 1. The van der Waals surface area contributed by atoms with Crippen LogP contribution in [-0.2, 0) is 0 Å². The molecule has 4 rings (SSSR count). The zero-order chi connectivity index (χ0) is 22.2. The summed E-state index contributed by atoms with van der Waals surface area (Å²) in [4.78, 5) is 14.6. The van der Waals surface area contributed by atoms with Crippen LogP contribution in [0.25, 0.3) is 0 Å². The van der Waals surface area contributed by atoms with E-state index in [2.05, 4.69) is 10.4 Å². The number of anilines is 1. The van der Waals surface area contributed by atoms with Crippen molar-refractivity contribution < 1.29 is 22.7 Å². The monoisotopic (exact) mass is 456 g/mol. The van der Waals surface area contributed by atoms with Crippen LogP contribution in [0.4, 0.5) is 19.0 Å². The summed E-state index contributed by atoms with van der Waals surface area (Å²) in [5.74, 6) is 0.215. The van der Waals surface area contributed by atoms with Crippen molar-refractivity contribution in [1.29, 1.82) is 0 Å². The first-order valence-electron chi connectivity index (χ1n) is 10.3. The summed E-state index contributed by atoms with van der Waals surface area (Å²) in [6.45, 7) is 1.11. The minimum Gasteiger partial charge on any atom is -0.497 e. The van der Waals surface area contributed by atoms with E-state index in [-0.39, 0.29) is 23.0 Å². The van der Waals surface area contributed by atoms with Crippen LogP contribution in [-0.4, -0.2) is 47.0 Å². The number of methoxy groups -OCH3 is 1. The van der Waals surface area contributed by atoms with E-state index in [1.165, 1.54) is 7.11 Å². The van der Waals surface area contributed by atoms with Gasteiger partial charge in [-0.2, -0.15) is 18.3 Å². The summed E-state index contributed by atoms with van der Waals surface area (Å²) in [5, 5.41) is 7.05. The maximum atomic E-state index is 13.9. The number of alkyl halides is 3. The number of hydrogen-bond acceptors (Lipinski definition) is 4. The van der Waals surface area contributed by atoms with Gasteiger partial charge in [0, 0.05) is 19.5 Å². The fourth-order valence-corrected chi connectivity index (χ4v) is 4.46. The molecule has 168 valence electrons. The lowest BCUT2D eigenvalue weighted by Crippen LogP contribution is -2.36. The molecule has 1 N–H and O–H groups in total. The maximum absolute atomic E-state index is 13.9. The first-order valence-corrected chi connectivity index (χ1v) is 10.7. The molecule has 1 aromatic heterocycles. The highest BCUT2D eigenvalue weighted by atomic mass is 35.5. The van der Waals surface area contributed by atoms with Crippen molar-refractivity contribution in [3.8, 4) is 5.75 Å². The highest BCUT2D eigenvalue weighted by Crippen LogP contribution is 2.46. The number of benzene rings is 1. The molecule has 3 heterocycles. The van der Waals surface area contributed by atoms with Gasteiger partial charge in [0.25, 0.3) is 5.91 Å². The molecule has 2 atom stereocenters. The van der Waals surface area contributed by atoms with Crippen molar-refractivity contribution in [2.75, 3.05) is 25.5 Å². The maximum Gasteiger partial charge on any atom is 0.410 e. The van der Waals surface area contributed by atoms with Crippen LogP contribution >= 0.6 is 11.6 Å². The highest BCUT2D eigenvalue weighted by Gasteiger charge is 2.48. The highest BCUT2D eigenvalue weighted by molar-refractivity contribution is 6.36. The van der Waals surface area contributed by atoms with Crippen molar-refractivity contribution in [2.45, 2.75) is 50.4 Å². The second-order valence-corrected chi connectivity index (χ2v) is 8.30. The Labute approximate surface area is 183 Å². The van der Waals surface area contributed by atoms with Crippen LogP contribution in [0.2, 0.25) is 5.02 Å². The van der Waals surface area contributed by atoms with E-state index in [4.69, 9.17) is 16.3 Å². The Balaban J connectivity index is 1.69. The standard InChI is InChI=1S/C21H24ClF3N4O2/c1-31-14-8-6-13(7-9-14)15-12-16(21(23,24)25)29-19(26-15)17(22)18(27-29)20(30)28-10-4-2-3-5-11-28/h6-9,15-16,26H,2-5,10-12H2,1H3/t15-,16-/m0/s1. The third kappa shape index (κ3) is 4.33. The predicted molar refractivity (Wildman–Crippen MR) is 111 cm³/mol. The number of nitrogens with zero attached hydrogens (tertiary/aromatic N) is 3. The summed E-state index contributed by atoms with van der Waals surface area (Å²) < 4.78 is 47.7. The van der Waals surface area contributed by atoms with E-state index >= 15 is 0 Å². The number of halogens is 4. The molecule has 1 fully saturated rings. The second kappa shape index (κ2) is 8.61. The Hall–Kier alpha value is -2.42. The van der Waals surface area contributed by atoms with Gasteiger partial charge in [-0.25, -0.2) is 4.68 Å². The molecule has 2 aliphatic rings. The number of aromatic nitrogens is 2. The number of ether oxygens (including phenoxy) is 1. The number of carbonyl (C=O) groups excluding carboxylic acids is 1. The van der Waals surface area contributed by atoms with E-state index in [1.54, 1.807) is 29.2 Å². The van der Waals surface area contributed by atoms with Crippen LogP contribution in [0, 0.1) is 0 Å². The van der Waals surface area contributed by atoms with Crippen LogP contribution in [0.1, 0.15) is 60.2 Å². The van der Waals surface area contributed by atoms with Crippen LogP contribution < -0.4 is 10.1 Å². The lowest BCUT2D eigenvalue weighted by molar-refractivity contribution is -0.173. The summed E-state index contributed by atoms with van der Waals surface area (Å²) >= 11 is 6.43. The van der Waals surface area contributed by atoms with Gasteiger partial charge in [0.1, 0.15) is 16.6 Å². The van der Waals surface area contributed by atoms with Gasteiger partial charge in [0.15, 0.2) is 11.7 Å². The molecular formula is C21H24ClF3N4O2. The molecule has 2 aromatic rings. The van der Waals surface area contributed by atoms with E-state index in [0.29, 0.717) is 24.4 Å². The minimum atomic E-state index is -4.54. The van der Waals surface area contributed by atoms with E-state index in [0.717, 1.165) is 30.4 Å². The zero-order valence-electron chi connectivity index (χ0n) is 17.1. The topological polar surface area (TPSA) is 59.4 Å². The molecule has 0 bridgehead atoms. The molecule has 0 radical (unpaired) electrons. The SMILES string of the molecule is COc1ccc([C@@H]2C[C@@H](C(F)(F)F)n3nc(C(=O)N4CCCCCC4)c(Cl)c3N2)cc1. The van der Waals surface area contributed by atoms with Crippen LogP contribution in [0.15, 0.2) is 24.3 Å². The van der Waals surface area contributed by atoms with Crippen molar-refractivity contribution in [3.05, 3.63) is 40.5 Å². The molecule has 31 heavy (non-hydrogen) atoms. The summed E-state index contributed by atoms with van der Waals surface area (Å²) in [7, 11) is 1.52. The molecule has 0 spiro atoms. The third-order valence-corrected chi connectivity index (χ3v) is 6.27. The van der Waals surface area contributed by atoms with Gasteiger partial charge in [-0.3, -0.25) is 4.79 Å². The van der Waals surface area contributed by atoms with Crippen molar-refractivity contribution in [2.24, 2.45) is 0 Å². The normalized spacial score (nSPS) is 21.8. The summed E-state index contributed by atoms with van der Waals surface area (Å²) in [6, 6.07) is 4.29. The molecule has 6 nitrogen and oxygen atoms in total. The van der Waals surface area contributed by atoms with Gasteiger partial charge >= 0.3 is 6.18 Å². The fraction of sp³-hybridized carbons (Fsp3) is 0.524. The average Bonchev–Trinajstić information content (AvgIpc) is 2.93. The lowest BCUT2D eigenvalue weighted by atomic mass is 9.97. The molecule has 10 heteroatoms. The molecule has 2 aliphatic heterocycles. The van der Waals surface area contributed by atoms with Crippen molar-refractivity contribution in [3.63, 3.8) is 0 Å². The Bertz CT molecular complexity index is 937. The summed E-state index contributed by atoms with van der Waals surface area (Å²) in [5.41, 5.74) is 0.537. The Morgan fingerprint density at radius 2 is 1.81 bits per heavy atom. The molecule has 0 saturated carbocycles. The predicted octanol–water partition coefficient (Wildman–Crippen LogP) is 5.22. The molecule has 1 amide bonds. The van der Waals surface area contributed by atoms with Crippen LogP contribution in [0.5, 0.6) is 5.75 Å². The van der Waals surface area contributed by atoms with Gasteiger partial charge < -0.3 is 15.0 Å². The van der Waals surface area contributed by atoms with E-state index in [9.17, 15) is 18.0 Å². The quantitative estimate of drug-likeness (QED) is 0.687. The van der Waals surface area contributed by atoms with Crippen molar-refractivity contribution >= 4 is 23.3 Å². The summed E-state index contributed by atoms with van der Waals surface area (Å²) in [6.07, 6.45) is -1.03. The number of rotatable bonds is 3. The largest absolute Gasteiger partial charge is 0.497 e. The molecule has 1 aromatic carbocycles. The van der Waals surface area contributed by atoms with E-state index < -0.39 is 24.2 Å². The fourth-order valence-electron chi connectivity index (χ4n) is 4.20. The van der Waals surface area contributed by atoms with E-state index in [1.807, 2.05) is 0 Å². The van der Waals surface area contributed by atoms with Gasteiger partial charge in [-0.15, -0.1) is 0 Å². The number of nitrogens with one attached hydrogen (secondary N) is 1. The smallest absolute Gasteiger partial charge is 0.410 e. The lowest BCUT2D eigenvalue weighted by Gasteiger charge is -2.33. The first kappa shape index (κ1) is 21.8. The molecular weight excluding hydrogens is 433 g/mol. The minimum absolute atomic E-state index is 0.0224. The number of hydrogen-bond donors (Lipinski definition) is 1. The van der Waals surface area contributed by atoms with Crippen LogP contribution in [0.3, 0.4) is 0 Å². The number of likely N-dealkylation sites (tertiary alicyclic amines) is 1. The first-order chi connectivity index (χ1) is 14.8. The Morgan fingerprint density at radius 3 is 2.39 bits per heavy atom. The Kier molecular flexibility index (Phi) is 6.05. The Morgan fingerprint density at radius 1 is 1.16 bits per heavy atom. The molecule has 1 saturated heterocycles. The second-order valence-electron chi connectivity index (χ2n) is 7.93. The molecule has 0 unspecified atom stereocenters. The molecule has 0 aliphatic carbocycles. The number of amides is 1. The van der Waals surface area contributed by atoms with Gasteiger partial charge in [-0.05, 0) is 30.5 Å². The van der Waals surface area contributed by atoms with Crippen molar-refractivity contribution in [1.82, 2.24) is 14.7 Å².